The van der Waals surface area contributed by atoms with Gasteiger partial charge in [0, 0.05) is 6.07 Å². The zero-order chi connectivity index (χ0) is 8.27. The van der Waals surface area contributed by atoms with E-state index in [1.807, 2.05) is 6.92 Å². The first kappa shape index (κ1) is 8.07. The molecule has 1 aromatic heterocycles. The van der Waals surface area contributed by atoms with Gasteiger partial charge < -0.3 is 10.3 Å². The topological polar surface area (TPSA) is 72.0 Å². The van der Waals surface area contributed by atoms with E-state index < -0.39 is 0 Å². The predicted molar refractivity (Wildman–Crippen MR) is 41.3 cm³/mol. The minimum Gasteiger partial charge on any atom is -0.339 e. The molecule has 11 heavy (non-hydrogen) atoms. The monoisotopic (exact) mass is 156 g/mol. The van der Waals surface area contributed by atoms with Crippen LogP contribution in [0.1, 0.15) is 12.6 Å². The van der Waals surface area contributed by atoms with Crippen LogP contribution in [0.3, 0.4) is 0 Å². The molecule has 0 aliphatic carbocycles. The molecule has 0 saturated carbocycles. The Hall–Kier alpha value is -1.03. The van der Waals surface area contributed by atoms with Crippen molar-refractivity contribution < 1.29 is 4.52 Å². The van der Waals surface area contributed by atoms with Gasteiger partial charge in [0.15, 0.2) is 0 Å². The zero-order valence-electron chi connectivity index (χ0n) is 6.46. The maximum Gasteiger partial charge on any atom is 0.357 e. The highest BCUT2D eigenvalue weighted by molar-refractivity contribution is 4.96. The van der Waals surface area contributed by atoms with E-state index >= 15 is 0 Å². The van der Waals surface area contributed by atoms with Crippen molar-refractivity contribution in [2.24, 2.45) is 11.7 Å². The van der Waals surface area contributed by atoms with Gasteiger partial charge in [0.05, 0.1) is 5.69 Å². The fourth-order valence-electron chi connectivity index (χ4n) is 0.876. The summed E-state index contributed by atoms with van der Waals surface area (Å²) in [4.78, 5) is 10.5. The molecular weight excluding hydrogens is 144 g/mol. The van der Waals surface area contributed by atoms with Gasteiger partial charge in [-0.1, -0.05) is 6.92 Å². The van der Waals surface area contributed by atoms with Crippen LogP contribution in [0.15, 0.2) is 15.4 Å². The van der Waals surface area contributed by atoms with Gasteiger partial charge in [-0.3, -0.25) is 0 Å². The summed E-state index contributed by atoms with van der Waals surface area (Å²) >= 11 is 0. The van der Waals surface area contributed by atoms with E-state index in [-0.39, 0.29) is 5.63 Å². The summed E-state index contributed by atoms with van der Waals surface area (Å²) in [6.07, 6.45) is 0.766. The molecule has 0 fully saturated rings. The summed E-state index contributed by atoms with van der Waals surface area (Å²) in [5.41, 5.74) is 5.89. The highest BCUT2D eigenvalue weighted by Gasteiger charge is 2.03. The van der Waals surface area contributed by atoms with Crippen molar-refractivity contribution in [1.29, 1.82) is 0 Å². The molecule has 4 nitrogen and oxygen atoms in total. The van der Waals surface area contributed by atoms with Crippen molar-refractivity contribution in [1.82, 2.24) is 5.16 Å². The molecule has 0 aromatic carbocycles. The molecule has 1 atom stereocenters. The summed E-state index contributed by atoms with van der Waals surface area (Å²) in [5, 5.41) is 2.53. The molecule has 1 heterocycles. The lowest BCUT2D eigenvalue weighted by molar-refractivity contribution is 0.380. The van der Waals surface area contributed by atoms with Gasteiger partial charge in [-0.25, -0.2) is 9.95 Å². The van der Waals surface area contributed by atoms with Crippen LogP contribution in [0.4, 0.5) is 0 Å². The maximum absolute atomic E-state index is 10.5. The quantitative estimate of drug-likeness (QED) is 0.652. The highest BCUT2D eigenvalue weighted by atomic mass is 16.5. The fourth-order valence-corrected chi connectivity index (χ4v) is 0.876. The second-order valence-electron chi connectivity index (χ2n) is 2.74. The largest absolute Gasteiger partial charge is 0.357 e. The molecule has 0 aliphatic rings. The van der Waals surface area contributed by atoms with Gasteiger partial charge in [0.1, 0.15) is 0 Å². The highest BCUT2D eigenvalue weighted by Crippen LogP contribution is 2.01. The van der Waals surface area contributed by atoms with Crippen LogP contribution < -0.4 is 11.4 Å². The molecule has 0 spiro atoms. The molecule has 0 aliphatic heterocycles. The number of rotatable bonds is 3. The Labute approximate surface area is 64.4 Å². The summed E-state index contributed by atoms with van der Waals surface area (Å²) in [6.45, 7) is 2.64. The molecule has 0 saturated heterocycles. The van der Waals surface area contributed by atoms with E-state index in [2.05, 4.69) is 9.68 Å². The normalized spacial score (nSPS) is 13.3. The lowest BCUT2D eigenvalue weighted by atomic mass is 10.1. The summed E-state index contributed by atoms with van der Waals surface area (Å²) in [5.74, 6) is 0.378. The van der Waals surface area contributed by atoms with Gasteiger partial charge >= 0.3 is 5.63 Å². The third kappa shape index (κ3) is 2.23. The summed E-state index contributed by atoms with van der Waals surface area (Å²) < 4.78 is 4.49. The Morgan fingerprint density at radius 2 is 2.55 bits per heavy atom. The van der Waals surface area contributed by atoms with Gasteiger partial charge in [-0.05, 0) is 18.9 Å². The first-order valence-electron chi connectivity index (χ1n) is 3.60. The number of aromatic nitrogens is 1. The molecule has 1 unspecified atom stereocenters. The standard InChI is InChI=1S/C7H12N2O2/c1-5(4-8)2-6-3-7(10)11-9-6/h3,5,9H,2,4,8H2,1H3. The van der Waals surface area contributed by atoms with Crippen LogP contribution in [0.5, 0.6) is 0 Å². The van der Waals surface area contributed by atoms with Crippen LogP contribution in [0, 0.1) is 5.92 Å². The van der Waals surface area contributed by atoms with Crippen molar-refractivity contribution in [3.63, 3.8) is 0 Å². The van der Waals surface area contributed by atoms with Crippen LogP contribution in [0.25, 0.3) is 0 Å². The Kier molecular flexibility index (Phi) is 2.48. The van der Waals surface area contributed by atoms with E-state index in [0.29, 0.717) is 12.5 Å². The average Bonchev–Trinajstić information content (AvgIpc) is 2.35. The Morgan fingerprint density at radius 1 is 1.82 bits per heavy atom. The van der Waals surface area contributed by atoms with E-state index in [9.17, 15) is 4.79 Å². The number of hydrogen-bond acceptors (Lipinski definition) is 3. The molecular formula is C7H12N2O2. The van der Waals surface area contributed by atoms with Crippen molar-refractivity contribution in [2.75, 3.05) is 6.54 Å². The molecule has 1 rings (SSSR count). The van der Waals surface area contributed by atoms with E-state index in [0.717, 1.165) is 12.1 Å². The van der Waals surface area contributed by atoms with Gasteiger partial charge in [-0.2, -0.15) is 0 Å². The van der Waals surface area contributed by atoms with Crippen molar-refractivity contribution >= 4 is 0 Å². The van der Waals surface area contributed by atoms with Crippen LogP contribution in [-0.4, -0.2) is 11.7 Å². The molecule has 3 N–H and O–H groups in total. The minimum atomic E-state index is -0.329. The third-order valence-corrected chi connectivity index (χ3v) is 1.55. The summed E-state index contributed by atoms with van der Waals surface area (Å²) in [6, 6.07) is 1.45. The Morgan fingerprint density at radius 3 is 3.00 bits per heavy atom. The lowest BCUT2D eigenvalue weighted by Crippen LogP contribution is -2.13. The first-order valence-corrected chi connectivity index (χ1v) is 3.60. The first-order chi connectivity index (χ1) is 5.22. The van der Waals surface area contributed by atoms with Crippen LogP contribution in [0.2, 0.25) is 0 Å². The summed E-state index contributed by atoms with van der Waals surface area (Å²) in [7, 11) is 0. The van der Waals surface area contributed by atoms with Crippen molar-refractivity contribution in [3.8, 4) is 0 Å². The van der Waals surface area contributed by atoms with Crippen molar-refractivity contribution in [2.45, 2.75) is 13.3 Å². The number of H-pyrrole nitrogens is 1. The number of nitrogens with one attached hydrogen (secondary N) is 1. The lowest BCUT2D eigenvalue weighted by Gasteiger charge is -2.03. The van der Waals surface area contributed by atoms with Gasteiger partial charge in [0.25, 0.3) is 0 Å². The number of aromatic amines is 1. The van der Waals surface area contributed by atoms with E-state index in [4.69, 9.17) is 5.73 Å². The maximum atomic E-state index is 10.5. The molecule has 4 heteroatoms. The minimum absolute atomic E-state index is 0.329. The van der Waals surface area contributed by atoms with Gasteiger partial charge in [-0.15, -0.1) is 0 Å². The predicted octanol–water partition coefficient (Wildman–Crippen LogP) is 0.105. The Balaban J connectivity index is 2.57. The third-order valence-electron chi connectivity index (χ3n) is 1.55. The van der Waals surface area contributed by atoms with Gasteiger partial charge in [0.2, 0.25) is 0 Å². The van der Waals surface area contributed by atoms with E-state index in [1.165, 1.54) is 6.07 Å². The van der Waals surface area contributed by atoms with Crippen LogP contribution in [-0.2, 0) is 6.42 Å². The molecule has 1 aromatic rings. The van der Waals surface area contributed by atoms with Crippen molar-refractivity contribution in [3.05, 3.63) is 22.2 Å². The molecule has 62 valence electrons. The SMILES string of the molecule is CC(CN)Cc1cc(=O)o[nH]1. The number of nitrogens with two attached hydrogens (primary N) is 1. The fraction of sp³-hybridized carbons (Fsp3) is 0.571. The molecule has 0 amide bonds. The molecule has 0 radical (unpaired) electrons. The second-order valence-corrected chi connectivity index (χ2v) is 2.74. The zero-order valence-corrected chi connectivity index (χ0v) is 6.46. The smallest absolute Gasteiger partial charge is 0.339 e. The van der Waals surface area contributed by atoms with E-state index in [1.54, 1.807) is 0 Å². The molecule has 0 bridgehead atoms. The average molecular weight is 156 g/mol. The second kappa shape index (κ2) is 3.39. The van der Waals surface area contributed by atoms with Crippen LogP contribution >= 0.6 is 0 Å². The Bertz CT molecular complexity index is 263. The number of hydrogen-bond donors (Lipinski definition) is 2.